The molecule has 0 atom stereocenters. The van der Waals surface area contributed by atoms with Gasteiger partial charge in [0.05, 0.1) is 11.9 Å². The molecule has 0 aliphatic rings. The molecule has 1 aromatic heterocycles. The number of halogens is 1. The van der Waals surface area contributed by atoms with Crippen molar-refractivity contribution in [2.24, 2.45) is 0 Å². The summed E-state index contributed by atoms with van der Waals surface area (Å²) in [4.78, 5) is 11.8. The molecule has 1 rings (SSSR count). The van der Waals surface area contributed by atoms with E-state index < -0.39 is 0 Å². The number of aryl methyl sites for hydroxylation is 1. The van der Waals surface area contributed by atoms with Crippen LogP contribution in [0.25, 0.3) is 0 Å². The molecule has 1 aromatic rings. The van der Waals surface area contributed by atoms with Gasteiger partial charge >= 0.3 is 0 Å². The normalized spacial score (nSPS) is 10.5. The maximum Gasteiger partial charge on any atom is 0.287 e. The summed E-state index contributed by atoms with van der Waals surface area (Å²) in [5.74, 6) is 0. The highest BCUT2D eigenvalue weighted by atomic mass is 35.5. The summed E-state index contributed by atoms with van der Waals surface area (Å²) >= 11 is 5.96. The van der Waals surface area contributed by atoms with Crippen LogP contribution in [0.4, 0.5) is 5.69 Å². The van der Waals surface area contributed by atoms with Gasteiger partial charge in [0.1, 0.15) is 5.02 Å². The highest BCUT2D eigenvalue weighted by Crippen LogP contribution is 2.15. The van der Waals surface area contributed by atoms with Crippen molar-refractivity contribution in [3.05, 3.63) is 21.6 Å². The highest BCUT2D eigenvalue weighted by molar-refractivity contribution is 6.32. The van der Waals surface area contributed by atoms with Gasteiger partial charge in [-0.2, -0.15) is 5.10 Å². The smallest absolute Gasteiger partial charge is 0.287 e. The Hall–Kier alpha value is -1.07. The Kier molecular flexibility index (Phi) is 6.00. The van der Waals surface area contributed by atoms with Crippen molar-refractivity contribution in [3.8, 4) is 0 Å². The maximum atomic E-state index is 11.8. The molecule has 96 valence electrons. The quantitative estimate of drug-likeness (QED) is 0.728. The van der Waals surface area contributed by atoms with Gasteiger partial charge in [-0.3, -0.25) is 4.79 Å². The van der Waals surface area contributed by atoms with Crippen LogP contribution in [0.5, 0.6) is 0 Å². The fraction of sp³-hybridized carbons (Fsp3) is 0.636. The Morgan fingerprint density at radius 2 is 2.29 bits per heavy atom. The van der Waals surface area contributed by atoms with Crippen LogP contribution < -0.4 is 10.9 Å². The molecular formula is C11H18ClN3O2. The number of aliphatic hydroxyl groups is 1. The number of nitrogens with zero attached hydrogens (tertiary/aromatic N) is 2. The molecule has 17 heavy (non-hydrogen) atoms. The van der Waals surface area contributed by atoms with Crippen molar-refractivity contribution in [1.82, 2.24) is 9.78 Å². The van der Waals surface area contributed by atoms with Crippen LogP contribution in [-0.2, 0) is 6.54 Å². The SMILES string of the molecule is CCCn1ncc(NCCCCO)c(Cl)c1=O. The van der Waals surface area contributed by atoms with E-state index in [9.17, 15) is 4.79 Å². The lowest BCUT2D eigenvalue weighted by molar-refractivity contribution is 0.286. The second-order valence-electron chi connectivity index (χ2n) is 3.76. The van der Waals surface area contributed by atoms with E-state index in [1.165, 1.54) is 4.68 Å². The predicted molar refractivity (Wildman–Crippen MR) is 68.6 cm³/mol. The molecule has 0 saturated heterocycles. The van der Waals surface area contributed by atoms with Crippen LogP contribution in [0, 0.1) is 0 Å². The number of anilines is 1. The molecule has 0 aliphatic carbocycles. The van der Waals surface area contributed by atoms with Crippen LogP contribution in [0.15, 0.2) is 11.0 Å². The van der Waals surface area contributed by atoms with E-state index in [1.807, 2.05) is 6.92 Å². The van der Waals surface area contributed by atoms with Gasteiger partial charge in [-0.15, -0.1) is 0 Å². The molecule has 0 fully saturated rings. The molecule has 0 unspecified atom stereocenters. The molecule has 0 aromatic carbocycles. The summed E-state index contributed by atoms with van der Waals surface area (Å²) in [6, 6.07) is 0. The van der Waals surface area contributed by atoms with Gasteiger partial charge in [-0.25, -0.2) is 4.68 Å². The zero-order chi connectivity index (χ0) is 12.7. The van der Waals surface area contributed by atoms with Gasteiger partial charge < -0.3 is 10.4 Å². The zero-order valence-electron chi connectivity index (χ0n) is 9.95. The fourth-order valence-corrected chi connectivity index (χ4v) is 1.63. The third kappa shape index (κ3) is 4.02. The third-order valence-electron chi connectivity index (χ3n) is 2.32. The molecule has 6 heteroatoms. The van der Waals surface area contributed by atoms with E-state index >= 15 is 0 Å². The summed E-state index contributed by atoms with van der Waals surface area (Å²) in [5, 5.41) is 15.9. The van der Waals surface area contributed by atoms with Crippen LogP contribution in [0.3, 0.4) is 0 Å². The first-order valence-electron chi connectivity index (χ1n) is 5.81. The minimum atomic E-state index is -0.263. The van der Waals surface area contributed by atoms with Crippen molar-refractivity contribution in [2.75, 3.05) is 18.5 Å². The van der Waals surface area contributed by atoms with Gasteiger partial charge in [0.15, 0.2) is 0 Å². The Morgan fingerprint density at radius 3 is 2.94 bits per heavy atom. The molecular weight excluding hydrogens is 242 g/mol. The average Bonchev–Trinajstić information content (AvgIpc) is 2.33. The molecule has 0 spiro atoms. The van der Waals surface area contributed by atoms with E-state index in [0.717, 1.165) is 19.3 Å². The summed E-state index contributed by atoms with van der Waals surface area (Å²) in [7, 11) is 0. The lowest BCUT2D eigenvalue weighted by atomic mass is 10.3. The molecule has 0 aliphatic heterocycles. The number of rotatable bonds is 7. The number of aliphatic hydroxyl groups excluding tert-OH is 1. The van der Waals surface area contributed by atoms with E-state index in [-0.39, 0.29) is 17.2 Å². The minimum Gasteiger partial charge on any atom is -0.396 e. The number of hydrogen-bond acceptors (Lipinski definition) is 4. The summed E-state index contributed by atoms with van der Waals surface area (Å²) in [6.07, 6.45) is 3.96. The number of hydrogen-bond donors (Lipinski definition) is 2. The molecule has 5 nitrogen and oxygen atoms in total. The van der Waals surface area contributed by atoms with Crippen molar-refractivity contribution in [2.45, 2.75) is 32.7 Å². The molecule has 0 amide bonds. The van der Waals surface area contributed by atoms with Crippen molar-refractivity contribution >= 4 is 17.3 Å². The van der Waals surface area contributed by atoms with Crippen molar-refractivity contribution < 1.29 is 5.11 Å². The minimum absolute atomic E-state index is 0.172. The molecule has 0 radical (unpaired) electrons. The molecule has 2 N–H and O–H groups in total. The second-order valence-corrected chi connectivity index (χ2v) is 4.14. The standard InChI is InChI=1S/C11H18ClN3O2/c1-2-6-15-11(17)10(12)9(8-14-15)13-5-3-4-7-16/h8,13,16H,2-7H2,1H3. The first-order valence-corrected chi connectivity index (χ1v) is 6.18. The second kappa shape index (κ2) is 7.29. The first-order chi connectivity index (χ1) is 8.20. The largest absolute Gasteiger partial charge is 0.396 e. The van der Waals surface area contributed by atoms with Gasteiger partial charge in [0.2, 0.25) is 0 Å². The molecule has 1 heterocycles. The lowest BCUT2D eigenvalue weighted by Gasteiger charge is -2.09. The number of aromatic nitrogens is 2. The van der Waals surface area contributed by atoms with E-state index in [2.05, 4.69) is 10.4 Å². The van der Waals surface area contributed by atoms with Crippen LogP contribution in [-0.4, -0.2) is 28.0 Å². The lowest BCUT2D eigenvalue weighted by Crippen LogP contribution is -2.24. The predicted octanol–water partition coefficient (Wildman–Crippen LogP) is 1.49. The third-order valence-corrected chi connectivity index (χ3v) is 2.69. The maximum absolute atomic E-state index is 11.8. The van der Waals surface area contributed by atoms with Crippen LogP contribution in [0.1, 0.15) is 26.2 Å². The molecule has 0 bridgehead atoms. The monoisotopic (exact) mass is 259 g/mol. The van der Waals surface area contributed by atoms with Crippen molar-refractivity contribution in [1.29, 1.82) is 0 Å². The summed E-state index contributed by atoms with van der Waals surface area (Å²) in [5.41, 5.74) is 0.294. The Bertz CT molecular complexity index is 406. The topological polar surface area (TPSA) is 67.2 Å². The van der Waals surface area contributed by atoms with Gasteiger partial charge in [0.25, 0.3) is 5.56 Å². The van der Waals surface area contributed by atoms with E-state index in [0.29, 0.717) is 18.8 Å². The van der Waals surface area contributed by atoms with E-state index in [1.54, 1.807) is 6.20 Å². The van der Waals surface area contributed by atoms with Gasteiger partial charge in [-0.1, -0.05) is 18.5 Å². The summed E-state index contributed by atoms with van der Waals surface area (Å²) in [6.45, 7) is 3.39. The van der Waals surface area contributed by atoms with E-state index in [4.69, 9.17) is 16.7 Å². The fourth-order valence-electron chi connectivity index (χ4n) is 1.42. The Balaban J connectivity index is 2.68. The van der Waals surface area contributed by atoms with Gasteiger partial charge in [-0.05, 0) is 19.3 Å². The molecule has 0 saturated carbocycles. The first kappa shape index (κ1) is 14.0. The average molecular weight is 260 g/mol. The number of unbranched alkanes of at least 4 members (excludes halogenated alkanes) is 1. The highest BCUT2D eigenvalue weighted by Gasteiger charge is 2.07. The van der Waals surface area contributed by atoms with Crippen LogP contribution in [0.2, 0.25) is 5.02 Å². The zero-order valence-corrected chi connectivity index (χ0v) is 10.7. The number of nitrogens with one attached hydrogen (secondary N) is 1. The Morgan fingerprint density at radius 1 is 1.53 bits per heavy atom. The Labute approximate surface area is 105 Å². The van der Waals surface area contributed by atoms with Crippen molar-refractivity contribution in [3.63, 3.8) is 0 Å². The van der Waals surface area contributed by atoms with Crippen LogP contribution >= 0.6 is 11.6 Å². The van der Waals surface area contributed by atoms with Gasteiger partial charge in [0, 0.05) is 19.7 Å². The summed E-state index contributed by atoms with van der Waals surface area (Å²) < 4.78 is 1.36.